The molecule has 104 valence electrons. The van der Waals surface area contributed by atoms with Crippen molar-refractivity contribution in [2.45, 2.75) is 13.3 Å². The number of Topliss-reactive ketones (excluding diaryl/α,β-unsaturated/α-hetero) is 1. The second kappa shape index (κ2) is 5.82. The molecule has 4 heteroatoms. The minimum Gasteiger partial charge on any atom is -0.494 e. The lowest BCUT2D eigenvalue weighted by Gasteiger charge is -2.06. The molecule has 20 heavy (non-hydrogen) atoms. The average Bonchev–Trinajstić information content (AvgIpc) is 2.41. The summed E-state index contributed by atoms with van der Waals surface area (Å²) in [7, 11) is 1.37. The van der Waals surface area contributed by atoms with Crippen LogP contribution in [0.4, 0.5) is 8.78 Å². The van der Waals surface area contributed by atoms with Gasteiger partial charge in [-0.05, 0) is 36.8 Å². The van der Waals surface area contributed by atoms with Gasteiger partial charge in [0.2, 0.25) is 0 Å². The summed E-state index contributed by atoms with van der Waals surface area (Å²) in [4.78, 5) is 12.1. The van der Waals surface area contributed by atoms with Crippen molar-refractivity contribution in [2.75, 3.05) is 7.11 Å². The van der Waals surface area contributed by atoms with E-state index in [1.165, 1.54) is 31.4 Å². The highest BCUT2D eigenvalue weighted by atomic mass is 19.1. The number of halogens is 2. The SMILES string of the molecule is COc1ccc(CC(=O)c2cc(C)ccc2F)cc1F. The largest absolute Gasteiger partial charge is 0.494 e. The Labute approximate surface area is 116 Å². The maximum atomic E-state index is 13.6. The van der Waals surface area contributed by atoms with Gasteiger partial charge >= 0.3 is 0 Å². The lowest BCUT2D eigenvalue weighted by molar-refractivity contribution is 0.0989. The monoisotopic (exact) mass is 276 g/mol. The van der Waals surface area contributed by atoms with Crippen LogP contribution in [0.5, 0.6) is 5.75 Å². The molecule has 0 bridgehead atoms. The Bertz CT molecular complexity index is 651. The molecule has 2 aromatic carbocycles. The molecule has 0 aliphatic rings. The van der Waals surface area contributed by atoms with E-state index in [0.29, 0.717) is 5.56 Å². The maximum absolute atomic E-state index is 13.6. The highest BCUT2D eigenvalue weighted by Gasteiger charge is 2.13. The molecule has 0 saturated heterocycles. The van der Waals surface area contributed by atoms with Gasteiger partial charge in [-0.25, -0.2) is 8.78 Å². The Morgan fingerprint density at radius 3 is 2.50 bits per heavy atom. The van der Waals surface area contributed by atoms with Crippen molar-refractivity contribution in [1.29, 1.82) is 0 Å². The number of hydrogen-bond donors (Lipinski definition) is 0. The first kappa shape index (κ1) is 14.2. The van der Waals surface area contributed by atoms with Crippen LogP contribution in [-0.4, -0.2) is 12.9 Å². The van der Waals surface area contributed by atoms with E-state index in [1.54, 1.807) is 19.1 Å². The van der Waals surface area contributed by atoms with Gasteiger partial charge in [0.05, 0.1) is 12.7 Å². The zero-order chi connectivity index (χ0) is 14.7. The number of methoxy groups -OCH3 is 1. The number of ether oxygens (including phenoxy) is 1. The quantitative estimate of drug-likeness (QED) is 0.796. The standard InChI is InChI=1S/C16H14F2O2/c1-10-3-5-13(17)12(7-10)15(19)9-11-4-6-16(20-2)14(18)8-11/h3-8H,9H2,1-2H3. The topological polar surface area (TPSA) is 26.3 Å². The number of carbonyl (C=O) groups is 1. The molecule has 0 radical (unpaired) electrons. The van der Waals surface area contributed by atoms with Crippen molar-refractivity contribution in [3.63, 3.8) is 0 Å². The first-order chi connectivity index (χ1) is 9.51. The number of hydrogen-bond acceptors (Lipinski definition) is 2. The van der Waals surface area contributed by atoms with Gasteiger partial charge in [-0.1, -0.05) is 17.7 Å². The Kier molecular flexibility index (Phi) is 4.13. The highest BCUT2D eigenvalue weighted by molar-refractivity contribution is 5.97. The zero-order valence-corrected chi connectivity index (χ0v) is 11.2. The summed E-state index contributed by atoms with van der Waals surface area (Å²) in [5.74, 6) is -1.37. The third kappa shape index (κ3) is 3.02. The molecule has 0 N–H and O–H groups in total. The molecular formula is C16H14F2O2. The fraction of sp³-hybridized carbons (Fsp3) is 0.188. The molecule has 2 aromatic rings. The van der Waals surface area contributed by atoms with Gasteiger partial charge in [0.1, 0.15) is 5.82 Å². The van der Waals surface area contributed by atoms with Crippen molar-refractivity contribution in [1.82, 2.24) is 0 Å². The van der Waals surface area contributed by atoms with Crippen molar-refractivity contribution >= 4 is 5.78 Å². The molecule has 0 aliphatic carbocycles. The summed E-state index contributed by atoms with van der Waals surface area (Å²) in [6, 6.07) is 8.62. The van der Waals surface area contributed by atoms with Crippen LogP contribution in [0.3, 0.4) is 0 Å². The molecule has 0 aliphatic heterocycles. The average molecular weight is 276 g/mol. The van der Waals surface area contributed by atoms with Crippen LogP contribution in [0.25, 0.3) is 0 Å². The van der Waals surface area contributed by atoms with E-state index in [1.807, 2.05) is 0 Å². The molecule has 0 atom stereocenters. The first-order valence-electron chi connectivity index (χ1n) is 6.13. The van der Waals surface area contributed by atoms with E-state index in [9.17, 15) is 13.6 Å². The number of carbonyl (C=O) groups excluding carboxylic acids is 1. The van der Waals surface area contributed by atoms with Gasteiger partial charge in [-0.15, -0.1) is 0 Å². The highest BCUT2D eigenvalue weighted by Crippen LogP contribution is 2.19. The predicted octanol–water partition coefficient (Wildman–Crippen LogP) is 3.71. The predicted molar refractivity (Wildman–Crippen MR) is 72.1 cm³/mol. The molecule has 0 fully saturated rings. The minimum atomic E-state index is -0.561. The third-order valence-electron chi connectivity index (χ3n) is 3.00. The molecular weight excluding hydrogens is 262 g/mol. The van der Waals surface area contributed by atoms with E-state index < -0.39 is 11.6 Å². The maximum Gasteiger partial charge on any atom is 0.170 e. The summed E-state index contributed by atoms with van der Waals surface area (Å²) < 4.78 is 31.9. The van der Waals surface area contributed by atoms with Crippen LogP contribution in [0.2, 0.25) is 0 Å². The van der Waals surface area contributed by atoms with Crippen LogP contribution in [0.15, 0.2) is 36.4 Å². The smallest absolute Gasteiger partial charge is 0.170 e. The Hall–Kier alpha value is -2.23. The van der Waals surface area contributed by atoms with Gasteiger partial charge in [0.25, 0.3) is 0 Å². The van der Waals surface area contributed by atoms with Crippen molar-refractivity contribution in [3.8, 4) is 5.75 Å². The lowest BCUT2D eigenvalue weighted by atomic mass is 10.0. The Morgan fingerprint density at radius 2 is 1.85 bits per heavy atom. The van der Waals surface area contributed by atoms with Gasteiger partial charge in [-0.2, -0.15) is 0 Å². The third-order valence-corrected chi connectivity index (χ3v) is 3.00. The lowest BCUT2D eigenvalue weighted by Crippen LogP contribution is -2.07. The number of aryl methyl sites for hydroxylation is 1. The van der Waals surface area contributed by atoms with Gasteiger partial charge in [0, 0.05) is 6.42 Å². The van der Waals surface area contributed by atoms with Crippen LogP contribution in [-0.2, 0) is 6.42 Å². The molecule has 0 amide bonds. The molecule has 0 saturated carbocycles. The summed E-state index contributed by atoms with van der Waals surface area (Å²) in [5.41, 5.74) is 1.31. The first-order valence-corrected chi connectivity index (χ1v) is 6.13. The second-order valence-electron chi connectivity index (χ2n) is 4.55. The van der Waals surface area contributed by atoms with Gasteiger partial charge in [0.15, 0.2) is 17.3 Å². The molecule has 0 heterocycles. The van der Waals surface area contributed by atoms with Gasteiger partial charge in [-0.3, -0.25) is 4.79 Å². The number of benzene rings is 2. The fourth-order valence-corrected chi connectivity index (χ4v) is 1.95. The summed E-state index contributed by atoms with van der Waals surface area (Å²) in [6.45, 7) is 1.78. The minimum absolute atomic E-state index is 0.0289. The van der Waals surface area contributed by atoms with E-state index in [0.717, 1.165) is 5.56 Å². The van der Waals surface area contributed by atoms with Crippen LogP contribution in [0.1, 0.15) is 21.5 Å². The Morgan fingerprint density at radius 1 is 1.10 bits per heavy atom. The molecule has 0 spiro atoms. The molecule has 2 nitrogen and oxygen atoms in total. The van der Waals surface area contributed by atoms with Crippen molar-refractivity contribution in [2.24, 2.45) is 0 Å². The van der Waals surface area contributed by atoms with E-state index in [2.05, 4.69) is 0 Å². The van der Waals surface area contributed by atoms with E-state index in [-0.39, 0.29) is 23.5 Å². The molecule has 0 unspecified atom stereocenters. The molecule has 0 aromatic heterocycles. The number of rotatable bonds is 4. The van der Waals surface area contributed by atoms with Crippen LogP contribution in [0, 0.1) is 18.6 Å². The summed E-state index contributed by atoms with van der Waals surface area (Å²) in [5, 5.41) is 0. The van der Waals surface area contributed by atoms with Crippen molar-refractivity contribution in [3.05, 3.63) is 64.7 Å². The summed E-state index contributed by atoms with van der Waals surface area (Å²) >= 11 is 0. The zero-order valence-electron chi connectivity index (χ0n) is 11.2. The Balaban J connectivity index is 2.23. The second-order valence-corrected chi connectivity index (χ2v) is 4.55. The van der Waals surface area contributed by atoms with E-state index >= 15 is 0 Å². The van der Waals surface area contributed by atoms with Crippen LogP contribution < -0.4 is 4.74 Å². The number of ketones is 1. The fourth-order valence-electron chi connectivity index (χ4n) is 1.95. The van der Waals surface area contributed by atoms with Crippen molar-refractivity contribution < 1.29 is 18.3 Å². The van der Waals surface area contributed by atoms with E-state index in [4.69, 9.17) is 4.74 Å². The summed E-state index contributed by atoms with van der Waals surface area (Å²) in [6.07, 6.45) is -0.0543. The molecule has 2 rings (SSSR count). The van der Waals surface area contributed by atoms with Crippen LogP contribution >= 0.6 is 0 Å². The van der Waals surface area contributed by atoms with Gasteiger partial charge < -0.3 is 4.74 Å². The normalized spacial score (nSPS) is 10.4.